The Morgan fingerprint density at radius 2 is 2.21 bits per heavy atom. The first-order chi connectivity index (χ1) is 9.18. The van der Waals surface area contributed by atoms with E-state index >= 15 is 0 Å². The van der Waals surface area contributed by atoms with Crippen LogP contribution in [-0.2, 0) is 0 Å². The summed E-state index contributed by atoms with van der Waals surface area (Å²) in [5, 5.41) is 4.24. The van der Waals surface area contributed by atoms with Gasteiger partial charge >= 0.3 is 0 Å². The number of para-hydroxylation sites is 1. The van der Waals surface area contributed by atoms with Crippen molar-refractivity contribution in [3.63, 3.8) is 0 Å². The maximum absolute atomic E-state index is 5.56. The zero-order valence-electron chi connectivity index (χ0n) is 11.6. The lowest BCUT2D eigenvalue weighted by atomic mass is 10.3. The molecule has 1 aromatic rings. The standard InChI is InChI=1S/C14H21N3S2/c1-16(2)10-8-15-14(18)17-9-5-11-19-13-7-4-3-6-12(13)17/h3-4,6-7H,5,8-11H2,1-2H3,(H,15,18)/p+1. The van der Waals surface area contributed by atoms with E-state index in [1.54, 1.807) is 0 Å². The summed E-state index contributed by atoms with van der Waals surface area (Å²) < 4.78 is 0. The van der Waals surface area contributed by atoms with Crippen molar-refractivity contribution in [2.24, 2.45) is 0 Å². The van der Waals surface area contributed by atoms with Crippen LogP contribution in [0.4, 0.5) is 5.69 Å². The molecule has 0 unspecified atom stereocenters. The quantitative estimate of drug-likeness (QED) is 0.811. The third-order valence-electron chi connectivity index (χ3n) is 3.09. The molecule has 0 saturated heterocycles. The molecule has 19 heavy (non-hydrogen) atoms. The van der Waals surface area contributed by atoms with Crippen molar-refractivity contribution in [1.82, 2.24) is 5.32 Å². The van der Waals surface area contributed by atoms with Crippen molar-refractivity contribution in [2.45, 2.75) is 11.3 Å². The number of thiocarbonyl (C=S) groups is 1. The van der Waals surface area contributed by atoms with Gasteiger partial charge in [-0.15, -0.1) is 11.8 Å². The predicted molar refractivity (Wildman–Crippen MR) is 87.4 cm³/mol. The molecule has 0 amide bonds. The van der Waals surface area contributed by atoms with Gasteiger partial charge in [-0.3, -0.25) is 0 Å². The SMILES string of the molecule is C[NH+](C)CCNC(=S)N1CCCSc2ccccc21. The Labute approximate surface area is 125 Å². The van der Waals surface area contributed by atoms with Crippen LogP contribution in [0.25, 0.3) is 0 Å². The highest BCUT2D eigenvalue weighted by Gasteiger charge is 2.18. The molecular weight excluding hydrogens is 274 g/mol. The highest BCUT2D eigenvalue weighted by Crippen LogP contribution is 2.33. The smallest absolute Gasteiger partial charge is 0.173 e. The Morgan fingerprint density at radius 3 is 3.00 bits per heavy atom. The summed E-state index contributed by atoms with van der Waals surface area (Å²) in [4.78, 5) is 5.01. The molecule has 0 aromatic heterocycles. The van der Waals surface area contributed by atoms with Gasteiger partial charge in [0.25, 0.3) is 0 Å². The molecule has 0 atom stereocenters. The fourth-order valence-corrected chi connectivity index (χ4v) is 3.34. The van der Waals surface area contributed by atoms with Gasteiger partial charge in [-0.1, -0.05) is 12.1 Å². The van der Waals surface area contributed by atoms with Gasteiger partial charge in [0, 0.05) is 11.4 Å². The summed E-state index contributed by atoms with van der Waals surface area (Å²) in [6.07, 6.45) is 1.17. The number of likely N-dealkylation sites (N-methyl/N-ethyl adjacent to an activating group) is 1. The Morgan fingerprint density at radius 1 is 1.42 bits per heavy atom. The van der Waals surface area contributed by atoms with Crippen LogP contribution in [0.1, 0.15) is 6.42 Å². The van der Waals surface area contributed by atoms with Crippen LogP contribution in [-0.4, -0.2) is 44.6 Å². The van der Waals surface area contributed by atoms with Crippen molar-refractivity contribution >= 4 is 34.8 Å². The van der Waals surface area contributed by atoms with E-state index in [9.17, 15) is 0 Å². The highest BCUT2D eigenvalue weighted by molar-refractivity contribution is 7.99. The molecule has 0 bridgehead atoms. The minimum Gasteiger partial charge on any atom is -0.357 e. The van der Waals surface area contributed by atoms with E-state index in [0.717, 1.165) is 30.5 Å². The van der Waals surface area contributed by atoms with E-state index < -0.39 is 0 Å². The average molecular weight is 296 g/mol. The highest BCUT2D eigenvalue weighted by atomic mass is 32.2. The Hall–Kier alpha value is -0.780. The van der Waals surface area contributed by atoms with Crippen LogP contribution in [0.5, 0.6) is 0 Å². The zero-order valence-corrected chi connectivity index (χ0v) is 13.2. The van der Waals surface area contributed by atoms with Crippen LogP contribution in [0.3, 0.4) is 0 Å². The average Bonchev–Trinajstić information content (AvgIpc) is 2.60. The maximum Gasteiger partial charge on any atom is 0.173 e. The molecule has 0 radical (unpaired) electrons. The van der Waals surface area contributed by atoms with Gasteiger partial charge in [0.15, 0.2) is 5.11 Å². The molecule has 3 nitrogen and oxygen atoms in total. The number of thioether (sulfide) groups is 1. The number of nitrogens with zero attached hydrogens (tertiary/aromatic N) is 1. The van der Waals surface area contributed by atoms with E-state index in [1.807, 2.05) is 11.8 Å². The van der Waals surface area contributed by atoms with Crippen LogP contribution in [0.15, 0.2) is 29.2 Å². The molecule has 1 heterocycles. The van der Waals surface area contributed by atoms with Gasteiger partial charge in [-0.25, -0.2) is 0 Å². The van der Waals surface area contributed by atoms with E-state index in [4.69, 9.17) is 12.2 Å². The molecule has 0 saturated carbocycles. The second-order valence-electron chi connectivity index (χ2n) is 5.01. The Kier molecular flexibility index (Phi) is 5.48. The van der Waals surface area contributed by atoms with Crippen LogP contribution in [0.2, 0.25) is 0 Å². The number of quaternary nitrogens is 1. The first-order valence-corrected chi connectivity index (χ1v) is 8.14. The van der Waals surface area contributed by atoms with Gasteiger partial charge < -0.3 is 15.1 Å². The van der Waals surface area contributed by atoms with Gasteiger partial charge in [0.1, 0.15) is 0 Å². The third kappa shape index (κ3) is 4.09. The lowest BCUT2D eigenvalue weighted by Gasteiger charge is -2.25. The summed E-state index contributed by atoms with van der Waals surface area (Å²) in [7, 11) is 4.31. The minimum atomic E-state index is 0.858. The minimum absolute atomic E-state index is 0.858. The number of nitrogens with one attached hydrogen (secondary N) is 2. The fraction of sp³-hybridized carbons (Fsp3) is 0.500. The van der Waals surface area contributed by atoms with E-state index in [1.165, 1.54) is 21.9 Å². The van der Waals surface area contributed by atoms with Crippen molar-refractivity contribution in [3.05, 3.63) is 24.3 Å². The summed E-state index contributed by atoms with van der Waals surface area (Å²) >= 11 is 7.48. The lowest BCUT2D eigenvalue weighted by molar-refractivity contribution is -0.856. The lowest BCUT2D eigenvalue weighted by Crippen LogP contribution is -3.06. The summed E-state index contributed by atoms with van der Waals surface area (Å²) in [6.45, 7) is 3.00. The fourth-order valence-electron chi connectivity index (χ4n) is 2.05. The number of benzene rings is 1. The second-order valence-corrected chi connectivity index (χ2v) is 6.53. The normalized spacial score (nSPS) is 15.0. The van der Waals surface area contributed by atoms with Crippen molar-refractivity contribution in [2.75, 3.05) is 44.4 Å². The molecule has 1 aliphatic rings. The van der Waals surface area contributed by atoms with Gasteiger partial charge in [-0.05, 0) is 36.5 Å². The van der Waals surface area contributed by atoms with Gasteiger partial charge in [0.2, 0.25) is 0 Å². The number of fused-ring (bicyclic) bond motifs is 1. The largest absolute Gasteiger partial charge is 0.357 e. The van der Waals surface area contributed by atoms with E-state index in [-0.39, 0.29) is 0 Å². The number of hydrogen-bond acceptors (Lipinski definition) is 2. The topological polar surface area (TPSA) is 19.7 Å². The molecule has 2 rings (SSSR count). The van der Waals surface area contributed by atoms with Crippen LogP contribution < -0.4 is 15.1 Å². The first kappa shape index (κ1) is 14.6. The number of rotatable bonds is 3. The number of hydrogen-bond donors (Lipinski definition) is 2. The Bertz CT molecular complexity index is 434. The van der Waals surface area contributed by atoms with Crippen LogP contribution in [0, 0.1) is 0 Å². The summed E-state index contributed by atoms with van der Waals surface area (Å²) in [5.41, 5.74) is 1.25. The van der Waals surface area contributed by atoms with E-state index in [0.29, 0.717) is 0 Å². The predicted octanol–water partition coefficient (Wildman–Crippen LogP) is 1.01. The molecular formula is C14H22N3S2+. The molecule has 1 aromatic carbocycles. The molecule has 104 valence electrons. The van der Waals surface area contributed by atoms with Crippen LogP contribution >= 0.6 is 24.0 Å². The summed E-state index contributed by atoms with van der Waals surface area (Å²) in [5.74, 6) is 1.16. The third-order valence-corrected chi connectivity index (χ3v) is 4.60. The van der Waals surface area contributed by atoms with Crippen molar-refractivity contribution < 1.29 is 4.90 Å². The molecule has 2 N–H and O–H groups in total. The molecule has 1 aliphatic heterocycles. The molecule has 5 heteroatoms. The second kappa shape index (κ2) is 7.12. The number of anilines is 1. The Balaban J connectivity index is 2.04. The summed E-state index contributed by atoms with van der Waals surface area (Å²) in [6, 6.07) is 8.54. The zero-order chi connectivity index (χ0) is 13.7. The molecule has 0 aliphatic carbocycles. The van der Waals surface area contributed by atoms with E-state index in [2.05, 4.69) is 48.6 Å². The van der Waals surface area contributed by atoms with Gasteiger partial charge in [-0.2, -0.15) is 0 Å². The monoisotopic (exact) mass is 296 g/mol. The first-order valence-electron chi connectivity index (χ1n) is 6.74. The van der Waals surface area contributed by atoms with Crippen molar-refractivity contribution in [3.8, 4) is 0 Å². The maximum atomic E-state index is 5.56. The van der Waals surface area contributed by atoms with Crippen molar-refractivity contribution in [1.29, 1.82) is 0 Å². The molecule has 0 spiro atoms. The van der Waals surface area contributed by atoms with Gasteiger partial charge in [0.05, 0.1) is 32.9 Å². The molecule has 0 fully saturated rings.